The zero-order chi connectivity index (χ0) is 29.9. The molecule has 4 N–H and O–H groups in total. The molecule has 0 unspecified atom stereocenters. The van der Waals surface area contributed by atoms with Crippen molar-refractivity contribution in [2.45, 2.75) is 72.0 Å². The quantitative estimate of drug-likeness (QED) is 0.192. The maximum absolute atomic E-state index is 13.5. The number of amides is 3. The topological polar surface area (TPSA) is 134 Å². The molecule has 0 bridgehead atoms. The van der Waals surface area contributed by atoms with Crippen LogP contribution < -0.4 is 16.0 Å². The van der Waals surface area contributed by atoms with E-state index in [1.165, 1.54) is 0 Å². The molecule has 3 atom stereocenters. The van der Waals surface area contributed by atoms with Crippen LogP contribution in [0.25, 0.3) is 0 Å². The van der Waals surface area contributed by atoms with Crippen LogP contribution >= 0.6 is 0 Å². The second-order valence-corrected chi connectivity index (χ2v) is 11.6. The lowest BCUT2D eigenvalue weighted by molar-refractivity contribution is -1.10. The van der Waals surface area contributed by atoms with Crippen LogP contribution in [0.2, 0.25) is 0 Å². The Bertz CT molecular complexity index is 1020. The summed E-state index contributed by atoms with van der Waals surface area (Å²) >= 11 is 0. The number of hydrogen-bond donors (Lipinski definition) is 4. The maximum Gasteiger partial charge on any atom is 0.278 e. The number of hydroxylamine groups is 3. The maximum atomic E-state index is 13.5. The highest BCUT2D eigenvalue weighted by molar-refractivity contribution is 6.01. The highest BCUT2D eigenvalue weighted by Gasteiger charge is 2.35. The van der Waals surface area contributed by atoms with Crippen LogP contribution in [0.5, 0.6) is 0 Å². The minimum absolute atomic E-state index is 0.0710. The summed E-state index contributed by atoms with van der Waals surface area (Å²) in [6.45, 7) is 14.2. The average molecular weight is 560 g/mol. The molecule has 1 fully saturated rings. The largest absolute Gasteiger partial charge is 0.370 e. The summed E-state index contributed by atoms with van der Waals surface area (Å²) < 4.78 is 4.82. The van der Waals surface area contributed by atoms with Crippen LogP contribution in [0.1, 0.15) is 53.0 Å². The van der Waals surface area contributed by atoms with Gasteiger partial charge in [0.1, 0.15) is 25.2 Å². The van der Waals surface area contributed by atoms with Gasteiger partial charge in [-0.1, -0.05) is 64.6 Å². The van der Waals surface area contributed by atoms with Crippen molar-refractivity contribution >= 4 is 23.5 Å². The van der Waals surface area contributed by atoms with Crippen molar-refractivity contribution in [1.29, 1.82) is 0 Å². The van der Waals surface area contributed by atoms with E-state index < -0.39 is 40.5 Å². The highest BCUT2D eigenvalue weighted by Crippen LogP contribution is 2.13. The number of hydrogen-bond acceptors (Lipinski definition) is 6. The summed E-state index contributed by atoms with van der Waals surface area (Å²) in [5.41, 5.74) is 1.18. The second kappa shape index (κ2) is 15.6. The number of ether oxygens (including phenoxy) is 1. The van der Waals surface area contributed by atoms with E-state index in [1.807, 2.05) is 58.0 Å². The molecular weight excluding hydrogens is 512 g/mol. The van der Waals surface area contributed by atoms with E-state index in [1.54, 1.807) is 6.92 Å². The van der Waals surface area contributed by atoms with E-state index in [0.717, 1.165) is 5.56 Å². The van der Waals surface area contributed by atoms with Gasteiger partial charge in [-0.2, -0.15) is 4.65 Å². The number of carbonyl (C=O) groups excluding carboxylic acids is 4. The van der Waals surface area contributed by atoms with Crippen LogP contribution in [0, 0.1) is 11.8 Å². The van der Waals surface area contributed by atoms with Gasteiger partial charge in [0.25, 0.3) is 5.91 Å². The third-order valence-electron chi connectivity index (χ3n) is 6.78. The molecule has 0 aliphatic carbocycles. The summed E-state index contributed by atoms with van der Waals surface area (Å²) in [7, 11) is 0. The molecule has 0 radical (unpaired) electrons. The molecule has 1 heterocycles. The van der Waals surface area contributed by atoms with Gasteiger partial charge in [-0.25, -0.2) is 5.21 Å². The normalized spacial score (nSPS) is 17.0. The molecule has 0 aromatic heterocycles. The number of Topliss-reactive ketones (excluding diaryl/α,β-unsaturated/α-hetero) is 1. The van der Waals surface area contributed by atoms with Gasteiger partial charge >= 0.3 is 0 Å². The number of rotatable bonds is 15. The predicted octanol–water partition coefficient (Wildman–Crippen LogP) is 2.16. The Kier molecular flexibility index (Phi) is 13.0. The van der Waals surface area contributed by atoms with Crippen molar-refractivity contribution in [2.75, 3.05) is 32.8 Å². The molecule has 1 aromatic rings. The first-order valence-electron chi connectivity index (χ1n) is 14.1. The molecule has 10 heteroatoms. The van der Waals surface area contributed by atoms with Crippen LogP contribution in [-0.4, -0.2) is 84.3 Å². The number of nitrogens with zero attached hydrogens (tertiary/aromatic N) is 1. The molecule has 1 aliphatic heterocycles. The van der Waals surface area contributed by atoms with E-state index in [4.69, 9.17) is 4.74 Å². The Morgan fingerprint density at radius 1 is 0.875 bits per heavy atom. The van der Waals surface area contributed by atoms with E-state index in [-0.39, 0.29) is 43.7 Å². The Morgan fingerprint density at radius 2 is 1.40 bits per heavy atom. The first kappa shape index (κ1) is 33.1. The standard InChI is InChI=1S/C30H46N4O6/c1-20(2)16-24(28(36)22(5)6)32-30(38)26(18-23-10-8-7-9-11-23)33-29(37)25(17-21(3)4)31-27(35)19-34(39)12-14-40-15-13-34/h7-11,20-21,24-26,39H,5,12-19H2,1-4,6H3,(H2-,31,32,33,35,37,38)/p+1/t24-,25-,26-/m0/s1. The van der Waals surface area contributed by atoms with Crippen LogP contribution in [0.15, 0.2) is 42.5 Å². The van der Waals surface area contributed by atoms with E-state index in [9.17, 15) is 24.4 Å². The number of carbonyl (C=O) groups is 4. The summed E-state index contributed by atoms with van der Waals surface area (Å²) in [5, 5.41) is 19.1. The Hall–Kier alpha value is -3.08. The number of ketones is 1. The molecule has 0 spiro atoms. The lowest BCUT2D eigenvalue weighted by Crippen LogP contribution is -2.60. The molecular formula is C30H47N4O6+. The Labute approximate surface area is 238 Å². The third kappa shape index (κ3) is 11.2. The predicted molar refractivity (Wildman–Crippen MR) is 152 cm³/mol. The van der Waals surface area contributed by atoms with Gasteiger partial charge in [0.2, 0.25) is 11.8 Å². The van der Waals surface area contributed by atoms with E-state index in [0.29, 0.717) is 31.6 Å². The molecule has 1 saturated heterocycles. The molecule has 222 valence electrons. The Morgan fingerprint density at radius 3 is 1.95 bits per heavy atom. The van der Waals surface area contributed by atoms with Gasteiger partial charge < -0.3 is 20.7 Å². The van der Waals surface area contributed by atoms with Crippen molar-refractivity contribution in [3.8, 4) is 0 Å². The van der Waals surface area contributed by atoms with Gasteiger partial charge in [0.15, 0.2) is 12.3 Å². The monoisotopic (exact) mass is 559 g/mol. The smallest absolute Gasteiger partial charge is 0.278 e. The van der Waals surface area contributed by atoms with Crippen molar-refractivity contribution in [1.82, 2.24) is 16.0 Å². The summed E-state index contributed by atoms with van der Waals surface area (Å²) in [4.78, 5) is 52.7. The highest BCUT2D eigenvalue weighted by atomic mass is 16.6. The molecule has 40 heavy (non-hydrogen) atoms. The summed E-state index contributed by atoms with van der Waals surface area (Å²) in [6.07, 6.45) is 0.977. The molecule has 3 amide bonds. The van der Waals surface area contributed by atoms with Gasteiger partial charge in [-0.3, -0.25) is 19.2 Å². The fourth-order valence-corrected chi connectivity index (χ4v) is 4.66. The zero-order valence-electron chi connectivity index (χ0n) is 24.6. The minimum atomic E-state index is -0.982. The van der Waals surface area contributed by atoms with Crippen molar-refractivity contribution in [2.24, 2.45) is 11.8 Å². The lowest BCUT2D eigenvalue weighted by atomic mass is 9.96. The van der Waals surface area contributed by atoms with Crippen LogP contribution in [-0.2, 0) is 30.3 Å². The molecule has 2 rings (SSSR count). The fraction of sp³-hybridized carbons (Fsp3) is 0.600. The summed E-state index contributed by atoms with van der Waals surface area (Å²) in [5.74, 6) is -1.48. The van der Waals surface area contributed by atoms with Crippen molar-refractivity contribution < 1.29 is 33.8 Å². The number of morpholine rings is 1. The molecule has 1 aliphatic rings. The second-order valence-electron chi connectivity index (χ2n) is 11.6. The SMILES string of the molecule is C=C(C)C(=O)[C@H](CC(C)C)NC(=O)[C@H](Cc1ccccc1)NC(=O)[C@H](CC(C)C)NC(=O)C[N+]1(O)CCOCC1. The fourth-order valence-electron chi connectivity index (χ4n) is 4.66. The molecule has 1 aromatic carbocycles. The van der Waals surface area contributed by atoms with Crippen LogP contribution in [0.4, 0.5) is 0 Å². The van der Waals surface area contributed by atoms with Gasteiger partial charge in [0, 0.05) is 6.42 Å². The minimum Gasteiger partial charge on any atom is -0.370 e. The van der Waals surface area contributed by atoms with Crippen LogP contribution in [0.3, 0.4) is 0 Å². The number of quaternary nitrogens is 1. The van der Waals surface area contributed by atoms with Crippen molar-refractivity contribution in [3.63, 3.8) is 0 Å². The lowest BCUT2D eigenvalue weighted by Gasteiger charge is -2.33. The number of benzene rings is 1. The Balaban J connectivity index is 2.23. The first-order chi connectivity index (χ1) is 18.8. The van der Waals surface area contributed by atoms with Gasteiger partial charge in [0.05, 0.1) is 19.3 Å². The molecule has 10 nitrogen and oxygen atoms in total. The molecule has 0 saturated carbocycles. The van der Waals surface area contributed by atoms with Crippen molar-refractivity contribution in [3.05, 3.63) is 48.0 Å². The average Bonchev–Trinajstić information content (AvgIpc) is 2.87. The first-order valence-corrected chi connectivity index (χ1v) is 14.1. The third-order valence-corrected chi connectivity index (χ3v) is 6.78. The zero-order valence-corrected chi connectivity index (χ0v) is 24.6. The van der Waals surface area contributed by atoms with Gasteiger partial charge in [-0.15, -0.1) is 0 Å². The van der Waals surface area contributed by atoms with E-state index in [2.05, 4.69) is 22.5 Å². The van der Waals surface area contributed by atoms with Gasteiger partial charge in [-0.05, 0) is 42.7 Å². The van der Waals surface area contributed by atoms with E-state index >= 15 is 0 Å². The summed E-state index contributed by atoms with van der Waals surface area (Å²) in [6, 6.07) is 6.62. The number of nitrogens with one attached hydrogen (secondary N) is 3.